The van der Waals surface area contributed by atoms with Gasteiger partial charge in [0.05, 0.1) is 6.04 Å². The number of anilines is 1. The van der Waals surface area contributed by atoms with Crippen LogP contribution in [0.15, 0.2) is 12.2 Å². The predicted octanol–water partition coefficient (Wildman–Crippen LogP) is 2.87. The minimum atomic E-state index is -4.60. The lowest BCUT2D eigenvalue weighted by Gasteiger charge is -2.30. The quantitative estimate of drug-likeness (QED) is 0.577. The monoisotopic (exact) mass is 431 g/mol. The number of hydrogen-bond acceptors (Lipinski definition) is 6. The summed E-state index contributed by atoms with van der Waals surface area (Å²) in [5, 5.41) is 13.3. The standard InChI is InChI=1S/C18H24F3N5O2S/c19-18(20,21)16-25-26-17(29-16)24-14(27)7-6-12(10-11-4-2-1-3-5-11)23-15(28)13-8-9-22-13/h6-7,11-13,22H,1-5,8-10H2,(H,23,28)(H,24,26,27)/b7-6+/t12-,13?/m1/s1. The van der Waals surface area contributed by atoms with Crippen LogP contribution in [0.1, 0.15) is 50.0 Å². The van der Waals surface area contributed by atoms with Gasteiger partial charge in [-0.3, -0.25) is 14.9 Å². The molecule has 1 aromatic rings. The first-order chi connectivity index (χ1) is 13.8. The molecule has 160 valence electrons. The van der Waals surface area contributed by atoms with E-state index in [-0.39, 0.29) is 34.5 Å². The Balaban J connectivity index is 1.58. The molecule has 1 saturated carbocycles. The van der Waals surface area contributed by atoms with Gasteiger partial charge in [-0.05, 0) is 25.3 Å². The lowest BCUT2D eigenvalue weighted by atomic mass is 9.84. The van der Waals surface area contributed by atoms with Gasteiger partial charge in [-0.25, -0.2) is 0 Å². The predicted molar refractivity (Wildman–Crippen MR) is 102 cm³/mol. The maximum absolute atomic E-state index is 12.6. The lowest BCUT2D eigenvalue weighted by molar-refractivity contribution is -0.138. The fraction of sp³-hybridized carbons (Fsp3) is 0.667. The van der Waals surface area contributed by atoms with Gasteiger partial charge in [0.25, 0.3) is 0 Å². The van der Waals surface area contributed by atoms with Crippen molar-refractivity contribution in [2.24, 2.45) is 5.92 Å². The second-order valence-electron chi connectivity index (χ2n) is 7.41. The first kappa shape index (κ1) is 21.7. The molecule has 1 unspecified atom stereocenters. The molecule has 0 radical (unpaired) electrons. The van der Waals surface area contributed by atoms with Crippen LogP contribution < -0.4 is 16.0 Å². The van der Waals surface area contributed by atoms with Crippen molar-refractivity contribution in [1.82, 2.24) is 20.8 Å². The SMILES string of the molecule is O=C(/C=C/[C@H](CC1CCCCC1)NC(=O)C1CCN1)Nc1nnc(C(F)(F)F)s1. The number of rotatable bonds is 7. The van der Waals surface area contributed by atoms with Crippen LogP contribution in [-0.2, 0) is 15.8 Å². The van der Waals surface area contributed by atoms with Crippen LogP contribution in [0.5, 0.6) is 0 Å². The fourth-order valence-electron chi connectivity index (χ4n) is 3.50. The highest BCUT2D eigenvalue weighted by Gasteiger charge is 2.35. The van der Waals surface area contributed by atoms with Crippen molar-refractivity contribution < 1.29 is 22.8 Å². The third-order valence-electron chi connectivity index (χ3n) is 5.16. The van der Waals surface area contributed by atoms with Crippen molar-refractivity contribution in [2.75, 3.05) is 11.9 Å². The molecule has 29 heavy (non-hydrogen) atoms. The first-order valence-corrected chi connectivity index (χ1v) is 10.6. The van der Waals surface area contributed by atoms with Gasteiger partial charge in [0.2, 0.25) is 22.0 Å². The molecule has 3 rings (SSSR count). The normalized spacial score (nSPS) is 21.6. The average molecular weight is 431 g/mol. The van der Waals surface area contributed by atoms with Crippen molar-refractivity contribution >= 4 is 28.3 Å². The molecule has 3 N–H and O–H groups in total. The summed E-state index contributed by atoms with van der Waals surface area (Å²) in [4.78, 5) is 24.4. The summed E-state index contributed by atoms with van der Waals surface area (Å²) in [7, 11) is 0. The molecule has 11 heteroatoms. The van der Waals surface area contributed by atoms with E-state index in [1.807, 2.05) is 0 Å². The number of carbonyl (C=O) groups excluding carboxylic acids is 2. The van der Waals surface area contributed by atoms with E-state index in [1.54, 1.807) is 6.08 Å². The Morgan fingerprint density at radius 3 is 2.52 bits per heavy atom. The molecule has 2 fully saturated rings. The van der Waals surface area contributed by atoms with Gasteiger partial charge >= 0.3 is 6.18 Å². The fourth-order valence-corrected chi connectivity index (χ4v) is 4.12. The number of nitrogens with one attached hydrogen (secondary N) is 3. The highest BCUT2D eigenvalue weighted by molar-refractivity contribution is 7.15. The van der Waals surface area contributed by atoms with E-state index in [9.17, 15) is 22.8 Å². The van der Waals surface area contributed by atoms with E-state index in [4.69, 9.17) is 0 Å². The summed E-state index contributed by atoms with van der Waals surface area (Å²) in [6.45, 7) is 0.811. The summed E-state index contributed by atoms with van der Waals surface area (Å²) in [6.07, 6.45) is 5.50. The number of aromatic nitrogens is 2. The Hall–Kier alpha value is -2.01. The molecule has 1 saturated heterocycles. The maximum atomic E-state index is 12.6. The van der Waals surface area contributed by atoms with Gasteiger partial charge in [-0.2, -0.15) is 13.2 Å². The molecule has 0 spiro atoms. The highest BCUT2D eigenvalue weighted by atomic mass is 32.1. The Kier molecular flexibility index (Phi) is 7.23. The second kappa shape index (κ2) is 9.66. The van der Waals surface area contributed by atoms with Crippen LogP contribution in [0.25, 0.3) is 0 Å². The van der Waals surface area contributed by atoms with Crippen molar-refractivity contribution in [3.8, 4) is 0 Å². The minimum absolute atomic E-state index is 0.0962. The molecule has 7 nitrogen and oxygen atoms in total. The van der Waals surface area contributed by atoms with Crippen LogP contribution in [0.2, 0.25) is 0 Å². The van der Waals surface area contributed by atoms with Crippen molar-refractivity contribution in [3.05, 3.63) is 17.2 Å². The van der Waals surface area contributed by atoms with Crippen molar-refractivity contribution in [1.29, 1.82) is 0 Å². The minimum Gasteiger partial charge on any atom is -0.349 e. The van der Waals surface area contributed by atoms with Crippen molar-refractivity contribution in [3.63, 3.8) is 0 Å². The number of nitrogens with zero attached hydrogens (tertiary/aromatic N) is 2. The number of carbonyl (C=O) groups is 2. The summed E-state index contributed by atoms with van der Waals surface area (Å²) in [5.74, 6) is -0.228. The smallest absolute Gasteiger partial charge is 0.349 e. The molecule has 1 aliphatic heterocycles. The summed E-state index contributed by atoms with van der Waals surface area (Å²) >= 11 is 0.265. The van der Waals surface area contributed by atoms with E-state index in [0.29, 0.717) is 5.92 Å². The molecule has 0 bridgehead atoms. The average Bonchev–Trinajstić information content (AvgIpc) is 3.08. The summed E-state index contributed by atoms with van der Waals surface area (Å²) in [6, 6.07) is -0.507. The van der Waals surface area contributed by atoms with Crippen LogP contribution in [-0.4, -0.2) is 40.6 Å². The van der Waals surface area contributed by atoms with Gasteiger partial charge in [-0.15, -0.1) is 10.2 Å². The zero-order valence-electron chi connectivity index (χ0n) is 15.8. The van der Waals surface area contributed by atoms with E-state index in [2.05, 4.69) is 26.1 Å². The molecule has 2 amide bonds. The van der Waals surface area contributed by atoms with Crippen LogP contribution in [0.4, 0.5) is 18.3 Å². The zero-order valence-corrected chi connectivity index (χ0v) is 16.6. The highest BCUT2D eigenvalue weighted by Crippen LogP contribution is 2.33. The molecule has 2 atom stereocenters. The second-order valence-corrected chi connectivity index (χ2v) is 8.39. The Labute approximate surface area is 170 Å². The third-order valence-corrected chi connectivity index (χ3v) is 6.04. The van der Waals surface area contributed by atoms with Gasteiger partial charge in [-0.1, -0.05) is 49.5 Å². The Bertz CT molecular complexity index is 742. The summed E-state index contributed by atoms with van der Waals surface area (Å²) < 4.78 is 37.7. The lowest BCUT2D eigenvalue weighted by Crippen LogP contribution is -2.55. The largest absolute Gasteiger partial charge is 0.445 e. The Morgan fingerprint density at radius 1 is 1.21 bits per heavy atom. The number of halogens is 3. The maximum Gasteiger partial charge on any atom is 0.445 e. The molecule has 1 aliphatic carbocycles. The molecule has 2 heterocycles. The van der Waals surface area contributed by atoms with Gasteiger partial charge in [0.15, 0.2) is 0 Å². The molecule has 2 aliphatic rings. The van der Waals surface area contributed by atoms with Crippen LogP contribution >= 0.6 is 11.3 Å². The molecular weight excluding hydrogens is 407 g/mol. The topological polar surface area (TPSA) is 96.0 Å². The van der Waals surface area contributed by atoms with Crippen molar-refractivity contribution in [2.45, 2.75) is 63.2 Å². The zero-order chi connectivity index (χ0) is 20.9. The summed E-state index contributed by atoms with van der Waals surface area (Å²) in [5.41, 5.74) is 0. The van der Waals surface area contributed by atoms with Gasteiger partial charge in [0.1, 0.15) is 0 Å². The van der Waals surface area contributed by atoms with E-state index >= 15 is 0 Å². The van der Waals surface area contributed by atoms with Gasteiger partial charge in [0, 0.05) is 12.1 Å². The Morgan fingerprint density at radius 2 is 1.93 bits per heavy atom. The van der Waals surface area contributed by atoms with Crippen LogP contribution in [0.3, 0.4) is 0 Å². The molecular formula is C18H24F3N5O2S. The van der Waals surface area contributed by atoms with Gasteiger partial charge < -0.3 is 10.6 Å². The third kappa shape index (κ3) is 6.49. The van der Waals surface area contributed by atoms with E-state index in [1.165, 1.54) is 12.5 Å². The first-order valence-electron chi connectivity index (χ1n) is 9.75. The molecule has 1 aromatic heterocycles. The number of alkyl halides is 3. The number of amides is 2. The molecule has 0 aromatic carbocycles. The van der Waals surface area contributed by atoms with Crippen LogP contribution in [0, 0.1) is 5.92 Å². The number of hydrogen-bond donors (Lipinski definition) is 3. The van der Waals surface area contributed by atoms with E-state index in [0.717, 1.165) is 45.1 Å². The van der Waals surface area contributed by atoms with E-state index < -0.39 is 17.1 Å².